The molecule has 14 heavy (non-hydrogen) atoms. The van der Waals surface area contributed by atoms with E-state index in [-0.39, 0.29) is 18.5 Å². The Balaban J connectivity index is 2.51. The molecule has 1 nitrogen and oxygen atoms in total. The first-order valence-electron chi connectivity index (χ1n) is 4.79. The average Bonchev–Trinajstić information content (AvgIpc) is 2.18. The van der Waals surface area contributed by atoms with Crippen molar-refractivity contribution in [3.8, 4) is 0 Å². The predicted octanol–water partition coefficient (Wildman–Crippen LogP) is 2.84. The highest BCUT2D eigenvalue weighted by molar-refractivity contribution is 5.20. The number of rotatable bonds is 5. The summed E-state index contributed by atoms with van der Waals surface area (Å²) in [4.78, 5) is 0. The number of nitrogens with one attached hydrogen (secondary N) is 1. The van der Waals surface area contributed by atoms with Gasteiger partial charge in [0.05, 0.1) is 6.67 Å². The third-order valence-electron chi connectivity index (χ3n) is 2.13. The largest absolute Gasteiger partial charge is 0.310 e. The van der Waals surface area contributed by atoms with Gasteiger partial charge >= 0.3 is 0 Å². The van der Waals surface area contributed by atoms with Crippen molar-refractivity contribution in [1.82, 2.24) is 5.32 Å². The van der Waals surface area contributed by atoms with Crippen LogP contribution in [0.5, 0.6) is 0 Å². The van der Waals surface area contributed by atoms with Crippen LogP contribution in [0, 0.1) is 5.82 Å². The molecule has 0 aliphatic carbocycles. The maximum atomic E-state index is 13.2. The third-order valence-corrected chi connectivity index (χ3v) is 2.13. The Labute approximate surface area is 83.1 Å². The maximum Gasteiger partial charge on any atom is 0.127 e. The summed E-state index contributed by atoms with van der Waals surface area (Å²) < 4.78 is 25.0. The zero-order valence-corrected chi connectivity index (χ0v) is 8.26. The Morgan fingerprint density at radius 2 is 2.07 bits per heavy atom. The highest BCUT2D eigenvalue weighted by Crippen LogP contribution is 2.15. The summed E-state index contributed by atoms with van der Waals surface area (Å²) in [7, 11) is 0. The van der Waals surface area contributed by atoms with Gasteiger partial charge in [-0.25, -0.2) is 4.39 Å². The molecule has 1 rings (SSSR count). The highest BCUT2D eigenvalue weighted by atomic mass is 19.1. The normalized spacial score (nSPS) is 12.8. The number of hydrogen-bond acceptors (Lipinski definition) is 1. The van der Waals surface area contributed by atoms with Crippen LogP contribution in [0.15, 0.2) is 24.3 Å². The van der Waals surface area contributed by atoms with Crippen LogP contribution in [0.4, 0.5) is 8.78 Å². The van der Waals surface area contributed by atoms with Crippen LogP contribution in [-0.2, 0) is 0 Å². The van der Waals surface area contributed by atoms with E-state index in [1.54, 1.807) is 18.2 Å². The van der Waals surface area contributed by atoms with Crippen LogP contribution in [-0.4, -0.2) is 13.2 Å². The molecule has 1 N–H and O–H groups in total. The van der Waals surface area contributed by atoms with Crippen molar-refractivity contribution >= 4 is 0 Å². The Bertz CT molecular complexity index is 276. The minimum atomic E-state index is -0.336. The molecule has 0 aliphatic rings. The lowest BCUT2D eigenvalue weighted by Gasteiger charge is -2.14. The van der Waals surface area contributed by atoms with Crippen molar-refractivity contribution in [2.45, 2.75) is 19.4 Å². The number of hydrogen-bond donors (Lipinski definition) is 1. The SMILES string of the molecule is C[C@@H](NCCCF)c1ccccc1F. The lowest BCUT2D eigenvalue weighted by molar-refractivity contribution is 0.441. The van der Waals surface area contributed by atoms with E-state index in [0.717, 1.165) is 0 Å². The maximum absolute atomic E-state index is 13.2. The fraction of sp³-hybridized carbons (Fsp3) is 0.455. The van der Waals surface area contributed by atoms with Gasteiger partial charge in [0.15, 0.2) is 0 Å². The molecule has 0 unspecified atom stereocenters. The lowest BCUT2D eigenvalue weighted by atomic mass is 10.1. The quantitative estimate of drug-likeness (QED) is 0.719. The molecule has 1 atom stereocenters. The number of halogens is 2. The van der Waals surface area contributed by atoms with Crippen molar-refractivity contribution in [1.29, 1.82) is 0 Å². The Hall–Kier alpha value is -0.960. The minimum Gasteiger partial charge on any atom is -0.310 e. The topological polar surface area (TPSA) is 12.0 Å². The van der Waals surface area contributed by atoms with Gasteiger partial charge in [0.1, 0.15) is 5.82 Å². The highest BCUT2D eigenvalue weighted by Gasteiger charge is 2.08. The second-order valence-corrected chi connectivity index (χ2v) is 3.24. The molecule has 0 saturated heterocycles. The van der Waals surface area contributed by atoms with Gasteiger partial charge in [0, 0.05) is 11.6 Å². The fourth-order valence-corrected chi connectivity index (χ4v) is 1.32. The molecule has 0 radical (unpaired) electrons. The van der Waals surface area contributed by atoms with Crippen LogP contribution in [0.3, 0.4) is 0 Å². The summed E-state index contributed by atoms with van der Waals surface area (Å²) in [6.07, 6.45) is 0.471. The molecule has 0 heterocycles. The average molecular weight is 199 g/mol. The van der Waals surface area contributed by atoms with Gasteiger partial charge in [-0.3, -0.25) is 4.39 Å². The van der Waals surface area contributed by atoms with Crippen molar-refractivity contribution < 1.29 is 8.78 Å². The van der Waals surface area contributed by atoms with Crippen LogP contribution >= 0.6 is 0 Å². The van der Waals surface area contributed by atoms with Gasteiger partial charge in [0.2, 0.25) is 0 Å². The standard InChI is InChI=1S/C11H15F2N/c1-9(14-8-4-7-12)10-5-2-3-6-11(10)13/h2-3,5-6,9,14H,4,7-8H2,1H3/t9-/m1/s1. The second-order valence-electron chi connectivity index (χ2n) is 3.24. The van der Waals surface area contributed by atoms with Gasteiger partial charge in [0.25, 0.3) is 0 Å². The molecule has 0 spiro atoms. The number of benzene rings is 1. The first-order chi connectivity index (χ1) is 6.75. The summed E-state index contributed by atoms with van der Waals surface area (Å²) >= 11 is 0. The zero-order chi connectivity index (χ0) is 10.4. The fourth-order valence-electron chi connectivity index (χ4n) is 1.32. The van der Waals surface area contributed by atoms with Crippen molar-refractivity contribution in [3.05, 3.63) is 35.6 Å². The van der Waals surface area contributed by atoms with Crippen molar-refractivity contribution in [3.63, 3.8) is 0 Å². The van der Waals surface area contributed by atoms with E-state index < -0.39 is 0 Å². The van der Waals surface area contributed by atoms with E-state index in [1.165, 1.54) is 6.07 Å². The lowest BCUT2D eigenvalue weighted by Crippen LogP contribution is -2.21. The van der Waals surface area contributed by atoms with E-state index in [4.69, 9.17) is 0 Å². The molecular formula is C11H15F2N. The summed E-state index contributed by atoms with van der Waals surface area (Å²) in [6, 6.07) is 6.56. The Morgan fingerprint density at radius 1 is 1.36 bits per heavy atom. The van der Waals surface area contributed by atoms with Crippen LogP contribution in [0.25, 0.3) is 0 Å². The van der Waals surface area contributed by atoms with Crippen LogP contribution < -0.4 is 5.32 Å². The van der Waals surface area contributed by atoms with Gasteiger partial charge in [-0.2, -0.15) is 0 Å². The summed E-state index contributed by atoms with van der Waals surface area (Å²) in [5, 5.41) is 3.06. The van der Waals surface area contributed by atoms with Crippen LogP contribution in [0.2, 0.25) is 0 Å². The predicted molar refractivity (Wildman–Crippen MR) is 53.4 cm³/mol. The minimum absolute atomic E-state index is 0.0669. The molecule has 1 aromatic rings. The van der Waals surface area contributed by atoms with E-state index in [0.29, 0.717) is 18.5 Å². The molecule has 0 saturated carbocycles. The molecule has 0 aromatic heterocycles. The third kappa shape index (κ3) is 3.07. The first kappa shape index (κ1) is 11.1. The Morgan fingerprint density at radius 3 is 2.71 bits per heavy atom. The van der Waals surface area contributed by atoms with Crippen molar-refractivity contribution in [2.75, 3.05) is 13.2 Å². The van der Waals surface area contributed by atoms with Crippen LogP contribution in [0.1, 0.15) is 24.9 Å². The van der Waals surface area contributed by atoms with E-state index in [2.05, 4.69) is 5.32 Å². The van der Waals surface area contributed by atoms with Gasteiger partial charge < -0.3 is 5.32 Å². The number of alkyl halides is 1. The molecule has 0 fully saturated rings. The zero-order valence-electron chi connectivity index (χ0n) is 8.26. The summed E-state index contributed by atoms with van der Waals surface area (Å²) in [6.45, 7) is 2.11. The molecule has 0 amide bonds. The molecular weight excluding hydrogens is 184 g/mol. The molecule has 1 aromatic carbocycles. The summed E-state index contributed by atoms with van der Waals surface area (Å²) in [5.74, 6) is -0.215. The van der Waals surface area contributed by atoms with Gasteiger partial charge in [-0.15, -0.1) is 0 Å². The monoisotopic (exact) mass is 199 g/mol. The smallest absolute Gasteiger partial charge is 0.127 e. The van der Waals surface area contributed by atoms with Crippen molar-refractivity contribution in [2.24, 2.45) is 0 Å². The Kier molecular flexibility index (Phi) is 4.53. The van der Waals surface area contributed by atoms with E-state index in [1.807, 2.05) is 6.92 Å². The molecule has 0 aliphatic heterocycles. The molecule has 0 bridgehead atoms. The van der Waals surface area contributed by atoms with E-state index >= 15 is 0 Å². The molecule has 3 heteroatoms. The van der Waals surface area contributed by atoms with Gasteiger partial charge in [-0.1, -0.05) is 18.2 Å². The summed E-state index contributed by atoms with van der Waals surface area (Å²) in [5.41, 5.74) is 0.631. The first-order valence-corrected chi connectivity index (χ1v) is 4.79. The van der Waals surface area contributed by atoms with Gasteiger partial charge in [-0.05, 0) is 26.0 Å². The second kappa shape index (κ2) is 5.70. The van der Waals surface area contributed by atoms with E-state index in [9.17, 15) is 8.78 Å². The molecule has 78 valence electrons.